The molecule has 1 fully saturated rings. The number of amides is 1. The van der Waals surface area contributed by atoms with E-state index in [2.05, 4.69) is 36.9 Å². The number of para-hydroxylation sites is 1. The van der Waals surface area contributed by atoms with Crippen molar-refractivity contribution in [2.75, 3.05) is 51.8 Å². The fraction of sp³-hybridized carbons (Fsp3) is 0.355. The number of methoxy groups -OCH3 is 2. The molecule has 3 aromatic carbocycles. The summed E-state index contributed by atoms with van der Waals surface area (Å²) in [6.45, 7) is 7.02. The highest BCUT2D eigenvalue weighted by molar-refractivity contribution is 6.04. The Morgan fingerprint density at radius 3 is 2.44 bits per heavy atom. The van der Waals surface area contributed by atoms with E-state index in [1.165, 1.54) is 11.6 Å². The minimum atomic E-state index is -0.297. The highest BCUT2D eigenvalue weighted by atomic mass is 19.1. The molecule has 0 saturated carbocycles. The van der Waals surface area contributed by atoms with Crippen LogP contribution in [-0.2, 0) is 4.79 Å². The molecule has 3 aromatic rings. The van der Waals surface area contributed by atoms with Crippen LogP contribution in [0.5, 0.6) is 11.5 Å². The molecule has 2 aliphatic heterocycles. The van der Waals surface area contributed by atoms with Gasteiger partial charge in [-0.25, -0.2) is 9.40 Å². The van der Waals surface area contributed by atoms with Crippen LogP contribution in [-0.4, -0.2) is 68.5 Å². The fourth-order valence-electron chi connectivity index (χ4n) is 5.50. The van der Waals surface area contributed by atoms with Gasteiger partial charge in [-0.3, -0.25) is 9.69 Å². The topological polar surface area (TPSA) is 57.6 Å². The smallest absolute Gasteiger partial charge is 0.257 e. The average molecular weight is 531 g/mol. The summed E-state index contributed by atoms with van der Waals surface area (Å²) in [5.74, 6) is 1.06. The number of aryl methyl sites for hydroxylation is 2. The van der Waals surface area contributed by atoms with E-state index in [1.54, 1.807) is 31.4 Å². The normalized spacial score (nSPS) is 17.8. The van der Waals surface area contributed by atoms with Gasteiger partial charge < -0.3 is 14.4 Å². The first kappa shape index (κ1) is 26.7. The van der Waals surface area contributed by atoms with Crippen molar-refractivity contribution in [2.45, 2.75) is 26.3 Å². The van der Waals surface area contributed by atoms with Crippen molar-refractivity contribution in [2.24, 2.45) is 5.10 Å². The zero-order valence-electron chi connectivity index (χ0n) is 23.0. The molecule has 0 unspecified atom stereocenters. The summed E-state index contributed by atoms with van der Waals surface area (Å²) in [5.41, 5.74) is 5.75. The van der Waals surface area contributed by atoms with Gasteiger partial charge in [-0.2, -0.15) is 5.10 Å². The predicted octanol–water partition coefficient (Wildman–Crippen LogP) is 4.96. The lowest BCUT2D eigenvalue weighted by molar-refractivity contribution is -0.134. The van der Waals surface area contributed by atoms with Crippen LogP contribution in [0.3, 0.4) is 0 Å². The molecule has 204 valence electrons. The van der Waals surface area contributed by atoms with E-state index in [0.717, 1.165) is 22.4 Å². The Bertz CT molecular complexity index is 1380. The second kappa shape index (κ2) is 11.5. The van der Waals surface area contributed by atoms with E-state index in [9.17, 15) is 9.18 Å². The molecule has 0 bridgehead atoms. The quantitative estimate of drug-likeness (QED) is 0.432. The number of halogens is 1. The Hall–Kier alpha value is -3.91. The molecule has 0 N–H and O–H groups in total. The summed E-state index contributed by atoms with van der Waals surface area (Å²) >= 11 is 0. The van der Waals surface area contributed by atoms with Gasteiger partial charge in [0, 0.05) is 49.8 Å². The number of ether oxygens (including phenoxy) is 2. The maximum Gasteiger partial charge on any atom is 0.257 e. The second-order valence-electron chi connectivity index (χ2n) is 10.1. The molecule has 7 nitrogen and oxygen atoms in total. The van der Waals surface area contributed by atoms with Crippen molar-refractivity contribution >= 4 is 17.3 Å². The van der Waals surface area contributed by atoms with Gasteiger partial charge in [0.25, 0.3) is 5.91 Å². The third-order valence-corrected chi connectivity index (χ3v) is 7.58. The van der Waals surface area contributed by atoms with Gasteiger partial charge in [-0.15, -0.1) is 0 Å². The number of carbonyl (C=O) groups is 1. The van der Waals surface area contributed by atoms with Crippen LogP contribution in [0.15, 0.2) is 65.8 Å². The van der Waals surface area contributed by atoms with Crippen molar-refractivity contribution in [1.29, 1.82) is 0 Å². The Labute approximate surface area is 229 Å². The summed E-state index contributed by atoms with van der Waals surface area (Å²) in [4.78, 5) is 17.9. The Balaban J connectivity index is 1.37. The SMILES string of the molecule is COc1ccc([C@H]2CC(c3ccc(C)cc3C)=NN2C(=O)CN2CCN(c3ccccc3F)CC2)c(OC)c1. The van der Waals surface area contributed by atoms with Crippen molar-refractivity contribution in [3.63, 3.8) is 0 Å². The van der Waals surface area contributed by atoms with E-state index in [4.69, 9.17) is 14.6 Å². The third-order valence-electron chi connectivity index (χ3n) is 7.58. The monoisotopic (exact) mass is 530 g/mol. The maximum absolute atomic E-state index is 14.3. The van der Waals surface area contributed by atoms with Crippen molar-refractivity contribution in [3.8, 4) is 11.5 Å². The number of piperazine rings is 1. The molecular formula is C31H35FN4O3. The van der Waals surface area contributed by atoms with Crippen LogP contribution >= 0.6 is 0 Å². The Kier molecular flexibility index (Phi) is 7.84. The second-order valence-corrected chi connectivity index (χ2v) is 10.1. The molecule has 0 aromatic heterocycles. The number of nitrogens with zero attached hydrogens (tertiary/aromatic N) is 4. The fourth-order valence-corrected chi connectivity index (χ4v) is 5.50. The number of anilines is 1. The molecule has 0 radical (unpaired) electrons. The molecule has 2 aliphatic rings. The largest absolute Gasteiger partial charge is 0.497 e. The van der Waals surface area contributed by atoms with Gasteiger partial charge in [0.1, 0.15) is 17.3 Å². The number of hydrazone groups is 1. The van der Waals surface area contributed by atoms with Crippen molar-refractivity contribution in [1.82, 2.24) is 9.91 Å². The number of rotatable bonds is 7. The van der Waals surface area contributed by atoms with E-state index < -0.39 is 0 Å². The minimum Gasteiger partial charge on any atom is -0.497 e. The highest BCUT2D eigenvalue weighted by Gasteiger charge is 2.36. The third kappa shape index (κ3) is 5.61. The van der Waals surface area contributed by atoms with Crippen LogP contribution in [0.4, 0.5) is 10.1 Å². The molecule has 39 heavy (non-hydrogen) atoms. The van der Waals surface area contributed by atoms with Gasteiger partial charge in [-0.05, 0) is 43.7 Å². The lowest BCUT2D eigenvalue weighted by Crippen LogP contribution is -2.49. The van der Waals surface area contributed by atoms with E-state index in [1.807, 2.05) is 29.2 Å². The number of hydrogen-bond acceptors (Lipinski definition) is 6. The number of carbonyl (C=O) groups excluding carboxylic acids is 1. The summed E-state index contributed by atoms with van der Waals surface area (Å²) in [5, 5.41) is 6.52. The molecule has 2 heterocycles. The summed E-state index contributed by atoms with van der Waals surface area (Å²) < 4.78 is 25.4. The lowest BCUT2D eigenvalue weighted by atomic mass is 9.94. The molecular weight excluding hydrogens is 495 g/mol. The molecule has 1 saturated heterocycles. The molecule has 0 aliphatic carbocycles. The number of benzene rings is 3. The molecule has 1 atom stereocenters. The van der Waals surface area contributed by atoms with Gasteiger partial charge in [0.2, 0.25) is 0 Å². The first-order valence-electron chi connectivity index (χ1n) is 13.3. The van der Waals surface area contributed by atoms with Crippen LogP contribution in [0.25, 0.3) is 0 Å². The summed E-state index contributed by atoms with van der Waals surface area (Å²) in [6.07, 6.45) is 0.583. The van der Waals surface area contributed by atoms with Crippen LogP contribution < -0.4 is 14.4 Å². The molecule has 0 spiro atoms. The summed E-state index contributed by atoms with van der Waals surface area (Å²) in [6, 6.07) is 18.5. The lowest BCUT2D eigenvalue weighted by Gasteiger charge is -2.36. The van der Waals surface area contributed by atoms with Crippen molar-refractivity contribution in [3.05, 3.63) is 88.7 Å². The first-order chi connectivity index (χ1) is 18.9. The predicted molar refractivity (Wildman–Crippen MR) is 151 cm³/mol. The number of hydrogen-bond donors (Lipinski definition) is 0. The molecule has 8 heteroatoms. The van der Waals surface area contributed by atoms with Gasteiger partial charge in [0.15, 0.2) is 0 Å². The summed E-state index contributed by atoms with van der Waals surface area (Å²) in [7, 11) is 3.24. The Morgan fingerprint density at radius 2 is 1.74 bits per heavy atom. The Morgan fingerprint density at radius 1 is 0.974 bits per heavy atom. The van der Waals surface area contributed by atoms with E-state index >= 15 is 0 Å². The highest BCUT2D eigenvalue weighted by Crippen LogP contribution is 2.39. The van der Waals surface area contributed by atoms with Gasteiger partial charge in [-0.1, -0.05) is 35.9 Å². The van der Waals surface area contributed by atoms with E-state index in [-0.39, 0.29) is 24.3 Å². The standard InChI is InChI=1S/C31H35FN4O3/c1-21-9-11-24(22(2)17-21)27-19-29(25-12-10-23(38-3)18-30(25)39-4)36(33-27)31(37)20-34-13-15-35(16-14-34)28-8-6-5-7-26(28)32/h5-12,17-18,29H,13-16,19-20H2,1-4H3/t29-/m1/s1. The van der Waals surface area contributed by atoms with Crippen LogP contribution in [0, 0.1) is 19.7 Å². The zero-order valence-corrected chi connectivity index (χ0v) is 23.0. The average Bonchev–Trinajstić information content (AvgIpc) is 3.38. The molecule has 5 rings (SSSR count). The van der Waals surface area contributed by atoms with Gasteiger partial charge in [0.05, 0.1) is 38.2 Å². The van der Waals surface area contributed by atoms with Crippen molar-refractivity contribution < 1.29 is 18.7 Å². The van der Waals surface area contributed by atoms with Crippen LogP contribution in [0.1, 0.15) is 34.7 Å². The van der Waals surface area contributed by atoms with Crippen LogP contribution in [0.2, 0.25) is 0 Å². The van der Waals surface area contributed by atoms with Gasteiger partial charge >= 0.3 is 0 Å². The minimum absolute atomic E-state index is 0.0722. The van der Waals surface area contributed by atoms with E-state index in [0.29, 0.717) is 49.8 Å². The zero-order chi connectivity index (χ0) is 27.5. The first-order valence-corrected chi connectivity index (χ1v) is 13.3. The molecule has 1 amide bonds. The maximum atomic E-state index is 14.3.